The first kappa shape index (κ1) is 17.3. The van der Waals surface area contributed by atoms with Crippen LogP contribution in [-0.2, 0) is 11.8 Å². The monoisotopic (exact) mass is 329 g/mol. The highest BCUT2D eigenvalue weighted by Crippen LogP contribution is 2.09. The van der Waals surface area contributed by atoms with E-state index in [4.69, 9.17) is 4.74 Å². The highest BCUT2D eigenvalue weighted by Gasteiger charge is 2.14. The Balaban J connectivity index is 2.12. The number of benzene rings is 1. The third-order valence-corrected chi connectivity index (χ3v) is 3.22. The summed E-state index contributed by atoms with van der Waals surface area (Å²) in [5.74, 6) is -0.191. The summed E-state index contributed by atoms with van der Waals surface area (Å²) in [4.78, 5) is 37.5. The van der Waals surface area contributed by atoms with Crippen LogP contribution in [0.25, 0.3) is 0 Å². The molecule has 0 aliphatic heterocycles. The van der Waals surface area contributed by atoms with E-state index in [0.29, 0.717) is 11.3 Å². The van der Waals surface area contributed by atoms with Crippen molar-refractivity contribution < 1.29 is 14.3 Å². The van der Waals surface area contributed by atoms with Crippen LogP contribution in [-0.4, -0.2) is 42.0 Å². The van der Waals surface area contributed by atoms with Crippen molar-refractivity contribution in [3.05, 3.63) is 58.5 Å². The number of hydrogen-bond acceptors (Lipinski definition) is 4. The topological polar surface area (TPSA) is 80.6 Å². The molecule has 0 saturated carbocycles. The van der Waals surface area contributed by atoms with Crippen molar-refractivity contribution in [2.24, 2.45) is 7.05 Å². The van der Waals surface area contributed by atoms with E-state index < -0.39 is 11.5 Å². The molecule has 0 bridgehead atoms. The van der Waals surface area contributed by atoms with Crippen LogP contribution >= 0.6 is 0 Å². The Labute approximate surface area is 139 Å². The maximum Gasteiger partial charge on any atom is 0.274 e. The predicted octanol–water partition coefficient (Wildman–Crippen LogP) is 1.10. The minimum Gasteiger partial charge on any atom is -0.484 e. The van der Waals surface area contributed by atoms with Crippen molar-refractivity contribution in [2.75, 3.05) is 26.0 Å². The number of aryl methyl sites for hydroxylation is 1. The van der Waals surface area contributed by atoms with Gasteiger partial charge in [-0.25, -0.2) is 0 Å². The third-order valence-electron chi connectivity index (χ3n) is 3.22. The second kappa shape index (κ2) is 7.45. The lowest BCUT2D eigenvalue weighted by atomic mass is 10.2. The number of pyridine rings is 1. The fourth-order valence-corrected chi connectivity index (χ4v) is 2.03. The molecular weight excluding hydrogens is 310 g/mol. The van der Waals surface area contributed by atoms with Crippen molar-refractivity contribution >= 4 is 17.5 Å². The molecule has 0 unspecified atom stereocenters. The van der Waals surface area contributed by atoms with E-state index in [9.17, 15) is 14.4 Å². The van der Waals surface area contributed by atoms with E-state index >= 15 is 0 Å². The van der Waals surface area contributed by atoms with Gasteiger partial charge < -0.3 is 19.5 Å². The Morgan fingerprint density at radius 2 is 1.88 bits per heavy atom. The van der Waals surface area contributed by atoms with Gasteiger partial charge >= 0.3 is 0 Å². The molecule has 2 rings (SSSR count). The Bertz CT molecular complexity index is 797. The smallest absolute Gasteiger partial charge is 0.274 e. The van der Waals surface area contributed by atoms with Gasteiger partial charge in [0.25, 0.3) is 17.4 Å². The van der Waals surface area contributed by atoms with E-state index in [1.807, 2.05) is 6.07 Å². The number of carbonyl (C=O) groups excluding carboxylic acids is 2. The summed E-state index contributed by atoms with van der Waals surface area (Å²) in [6.07, 6.45) is 1.43. The van der Waals surface area contributed by atoms with Gasteiger partial charge in [0.05, 0.1) is 5.56 Å². The molecule has 2 aromatic rings. The summed E-state index contributed by atoms with van der Waals surface area (Å²) in [6.45, 7) is -0.237. The Kier molecular flexibility index (Phi) is 5.36. The number of aromatic nitrogens is 1. The number of para-hydroxylation sites is 1. The SMILES string of the molecule is CN(C)C(=O)c1cc(NC(=O)COc2ccccc2)c(=O)n(C)c1. The molecule has 0 aliphatic rings. The van der Waals surface area contributed by atoms with Gasteiger partial charge in [0.1, 0.15) is 11.4 Å². The maximum absolute atomic E-state index is 12.1. The second-order valence-corrected chi connectivity index (χ2v) is 5.41. The van der Waals surface area contributed by atoms with Crippen molar-refractivity contribution in [3.8, 4) is 5.75 Å². The zero-order chi connectivity index (χ0) is 17.7. The van der Waals surface area contributed by atoms with Gasteiger partial charge in [-0.3, -0.25) is 14.4 Å². The second-order valence-electron chi connectivity index (χ2n) is 5.41. The molecule has 1 aromatic heterocycles. The summed E-state index contributed by atoms with van der Waals surface area (Å²) >= 11 is 0. The first-order valence-electron chi connectivity index (χ1n) is 7.28. The van der Waals surface area contributed by atoms with Gasteiger partial charge in [-0.05, 0) is 18.2 Å². The average Bonchev–Trinajstić information content (AvgIpc) is 2.57. The first-order chi connectivity index (χ1) is 11.4. The fourth-order valence-electron chi connectivity index (χ4n) is 2.03. The Morgan fingerprint density at radius 3 is 2.50 bits per heavy atom. The molecule has 0 spiro atoms. The van der Waals surface area contributed by atoms with Crippen LogP contribution in [0.3, 0.4) is 0 Å². The number of carbonyl (C=O) groups is 2. The minimum absolute atomic E-state index is 0.0341. The van der Waals surface area contributed by atoms with Gasteiger partial charge in [0.15, 0.2) is 6.61 Å². The largest absolute Gasteiger partial charge is 0.484 e. The first-order valence-corrected chi connectivity index (χ1v) is 7.28. The molecule has 0 aliphatic carbocycles. The highest BCUT2D eigenvalue weighted by atomic mass is 16.5. The van der Waals surface area contributed by atoms with Crippen LogP contribution in [0.1, 0.15) is 10.4 Å². The van der Waals surface area contributed by atoms with Gasteiger partial charge in [0.2, 0.25) is 0 Å². The molecule has 24 heavy (non-hydrogen) atoms. The summed E-state index contributed by atoms with van der Waals surface area (Å²) in [5, 5.41) is 2.49. The molecule has 126 valence electrons. The molecule has 1 aromatic carbocycles. The number of nitrogens with one attached hydrogen (secondary N) is 1. The summed E-state index contributed by atoms with van der Waals surface area (Å²) in [5.41, 5.74) is -0.0633. The zero-order valence-electron chi connectivity index (χ0n) is 13.8. The molecule has 1 heterocycles. The van der Waals surface area contributed by atoms with Gasteiger partial charge in [-0.2, -0.15) is 0 Å². The number of ether oxygens (including phenoxy) is 1. The molecule has 2 amide bonds. The molecule has 1 N–H and O–H groups in total. The third kappa shape index (κ3) is 4.22. The number of rotatable bonds is 5. The number of amides is 2. The van der Waals surface area contributed by atoms with Crippen LogP contribution in [0.2, 0.25) is 0 Å². The van der Waals surface area contributed by atoms with Crippen LogP contribution in [0.4, 0.5) is 5.69 Å². The van der Waals surface area contributed by atoms with E-state index in [1.54, 1.807) is 38.4 Å². The average molecular weight is 329 g/mol. The van der Waals surface area contributed by atoms with E-state index in [-0.39, 0.29) is 18.2 Å². The molecule has 0 radical (unpaired) electrons. The van der Waals surface area contributed by atoms with Gasteiger partial charge in [-0.1, -0.05) is 18.2 Å². The van der Waals surface area contributed by atoms with Crippen LogP contribution in [0.5, 0.6) is 5.75 Å². The van der Waals surface area contributed by atoms with Crippen molar-refractivity contribution in [1.82, 2.24) is 9.47 Å². The summed E-state index contributed by atoms with van der Waals surface area (Å²) in [7, 11) is 4.74. The Morgan fingerprint density at radius 1 is 1.21 bits per heavy atom. The lowest BCUT2D eigenvalue weighted by Gasteiger charge is -2.13. The molecular formula is C17H19N3O4. The van der Waals surface area contributed by atoms with Crippen molar-refractivity contribution in [3.63, 3.8) is 0 Å². The van der Waals surface area contributed by atoms with E-state index in [0.717, 1.165) is 0 Å². The van der Waals surface area contributed by atoms with Crippen molar-refractivity contribution in [2.45, 2.75) is 0 Å². The number of anilines is 1. The van der Waals surface area contributed by atoms with Crippen LogP contribution in [0.15, 0.2) is 47.4 Å². The van der Waals surface area contributed by atoms with Gasteiger partial charge in [-0.15, -0.1) is 0 Å². The zero-order valence-corrected chi connectivity index (χ0v) is 13.8. The minimum atomic E-state index is -0.481. The quantitative estimate of drug-likeness (QED) is 0.891. The molecule has 0 fully saturated rings. The summed E-state index contributed by atoms with van der Waals surface area (Å²) in [6, 6.07) is 10.2. The standard InChI is InChI=1S/C17H19N3O4/c1-19(2)16(22)12-9-14(17(23)20(3)10-12)18-15(21)11-24-13-7-5-4-6-8-13/h4-10H,11H2,1-3H3,(H,18,21). The van der Waals surface area contributed by atoms with E-state index in [2.05, 4.69) is 5.32 Å². The molecule has 7 nitrogen and oxygen atoms in total. The van der Waals surface area contributed by atoms with E-state index in [1.165, 1.54) is 28.8 Å². The predicted molar refractivity (Wildman–Crippen MR) is 90.3 cm³/mol. The number of hydrogen-bond donors (Lipinski definition) is 1. The lowest BCUT2D eigenvalue weighted by molar-refractivity contribution is -0.118. The maximum atomic E-state index is 12.1. The fraction of sp³-hybridized carbons (Fsp3) is 0.235. The van der Waals surface area contributed by atoms with Crippen molar-refractivity contribution in [1.29, 1.82) is 0 Å². The molecule has 7 heteroatoms. The van der Waals surface area contributed by atoms with Crippen LogP contribution < -0.4 is 15.6 Å². The normalized spacial score (nSPS) is 10.1. The highest BCUT2D eigenvalue weighted by molar-refractivity contribution is 5.96. The van der Waals surface area contributed by atoms with Gasteiger partial charge in [0, 0.05) is 27.3 Å². The number of nitrogens with zero attached hydrogens (tertiary/aromatic N) is 2. The molecule has 0 saturated heterocycles. The molecule has 0 atom stereocenters. The Hall–Kier alpha value is -3.09. The lowest BCUT2D eigenvalue weighted by Crippen LogP contribution is -2.29. The summed E-state index contributed by atoms with van der Waals surface area (Å²) < 4.78 is 6.58. The van der Waals surface area contributed by atoms with Crippen LogP contribution in [0, 0.1) is 0 Å².